The van der Waals surface area contributed by atoms with Crippen LogP contribution in [-0.2, 0) is 4.74 Å². The van der Waals surface area contributed by atoms with Crippen molar-refractivity contribution in [1.82, 2.24) is 10.2 Å². The highest BCUT2D eigenvalue weighted by Crippen LogP contribution is 2.23. The van der Waals surface area contributed by atoms with Crippen molar-refractivity contribution in [3.63, 3.8) is 0 Å². The van der Waals surface area contributed by atoms with Gasteiger partial charge in [-0.2, -0.15) is 0 Å². The zero-order chi connectivity index (χ0) is 17.0. The second-order valence-electron chi connectivity index (χ2n) is 6.02. The van der Waals surface area contributed by atoms with Gasteiger partial charge in [0.05, 0.1) is 28.7 Å². The lowest BCUT2D eigenvalue weighted by atomic mass is 10.0. The van der Waals surface area contributed by atoms with Gasteiger partial charge in [-0.1, -0.05) is 11.6 Å². The van der Waals surface area contributed by atoms with Gasteiger partial charge in [-0.05, 0) is 19.9 Å². The van der Waals surface area contributed by atoms with Crippen molar-refractivity contribution in [3.8, 4) is 0 Å². The molecule has 2 rings (SSSR count). The van der Waals surface area contributed by atoms with Crippen molar-refractivity contribution in [3.05, 3.63) is 38.9 Å². The normalized spacial score (nSPS) is 16.1. The summed E-state index contributed by atoms with van der Waals surface area (Å²) >= 11 is 5.97. The molecule has 1 fully saturated rings. The van der Waals surface area contributed by atoms with Gasteiger partial charge in [0.2, 0.25) is 0 Å². The van der Waals surface area contributed by atoms with Crippen LogP contribution in [0, 0.1) is 10.1 Å². The molecule has 1 amide bonds. The summed E-state index contributed by atoms with van der Waals surface area (Å²) in [6, 6.07) is 3.83. The number of non-ortho nitro benzene ring substituents is 1. The zero-order valence-electron chi connectivity index (χ0n) is 13.2. The number of amides is 1. The molecule has 1 aromatic carbocycles. The smallest absolute Gasteiger partial charge is 0.270 e. The van der Waals surface area contributed by atoms with Crippen molar-refractivity contribution in [1.29, 1.82) is 0 Å². The van der Waals surface area contributed by atoms with E-state index in [1.54, 1.807) is 0 Å². The third-order valence-corrected chi connectivity index (χ3v) is 4.27. The summed E-state index contributed by atoms with van der Waals surface area (Å²) in [5.41, 5.74) is -0.123. The molecule has 23 heavy (non-hydrogen) atoms. The number of ether oxygens (including phenoxy) is 1. The molecule has 126 valence electrons. The molecule has 0 unspecified atom stereocenters. The molecule has 0 atom stereocenters. The summed E-state index contributed by atoms with van der Waals surface area (Å²) in [6.45, 7) is 7.56. The Balaban J connectivity index is 2.00. The topological polar surface area (TPSA) is 84.7 Å². The van der Waals surface area contributed by atoms with Gasteiger partial charge in [-0.3, -0.25) is 19.8 Å². The van der Waals surface area contributed by atoms with Crippen LogP contribution >= 0.6 is 11.6 Å². The second kappa shape index (κ2) is 7.25. The van der Waals surface area contributed by atoms with E-state index in [2.05, 4.69) is 24.1 Å². The highest BCUT2D eigenvalue weighted by molar-refractivity contribution is 6.34. The van der Waals surface area contributed by atoms with E-state index in [0.717, 1.165) is 13.1 Å². The lowest BCUT2D eigenvalue weighted by molar-refractivity contribution is -0.384. The fourth-order valence-electron chi connectivity index (χ4n) is 2.47. The number of carbonyl (C=O) groups excluding carboxylic acids is 1. The molecule has 0 saturated carbocycles. The van der Waals surface area contributed by atoms with Gasteiger partial charge < -0.3 is 10.1 Å². The third kappa shape index (κ3) is 4.40. The van der Waals surface area contributed by atoms with Crippen molar-refractivity contribution in [2.24, 2.45) is 0 Å². The van der Waals surface area contributed by atoms with E-state index in [0.29, 0.717) is 19.8 Å². The summed E-state index contributed by atoms with van der Waals surface area (Å²) in [5, 5.41) is 13.6. The minimum absolute atomic E-state index is 0.0703. The van der Waals surface area contributed by atoms with Crippen LogP contribution in [0.5, 0.6) is 0 Å². The van der Waals surface area contributed by atoms with Crippen LogP contribution in [-0.4, -0.2) is 54.1 Å². The zero-order valence-corrected chi connectivity index (χ0v) is 13.9. The highest BCUT2D eigenvalue weighted by Gasteiger charge is 2.29. The molecule has 8 heteroatoms. The number of nitro benzene ring substituents is 1. The molecule has 1 aliphatic rings. The average Bonchev–Trinajstić information content (AvgIpc) is 2.53. The number of nitro groups is 1. The average molecular weight is 342 g/mol. The van der Waals surface area contributed by atoms with Gasteiger partial charge in [-0.15, -0.1) is 0 Å². The minimum atomic E-state index is -0.547. The molecular weight excluding hydrogens is 322 g/mol. The van der Waals surface area contributed by atoms with Crippen molar-refractivity contribution in [2.45, 2.75) is 19.4 Å². The maximum atomic E-state index is 12.3. The van der Waals surface area contributed by atoms with Crippen LogP contribution in [0.1, 0.15) is 24.2 Å². The van der Waals surface area contributed by atoms with Crippen molar-refractivity contribution in [2.75, 3.05) is 32.8 Å². The number of hydrogen-bond donors (Lipinski definition) is 1. The Bertz CT molecular complexity index is 600. The fraction of sp³-hybridized carbons (Fsp3) is 0.533. The number of rotatable bonds is 5. The van der Waals surface area contributed by atoms with Gasteiger partial charge in [0.15, 0.2) is 0 Å². The summed E-state index contributed by atoms with van der Waals surface area (Å²) in [7, 11) is 0. The Hall–Kier alpha value is -1.70. The van der Waals surface area contributed by atoms with E-state index < -0.39 is 4.92 Å². The Morgan fingerprint density at radius 2 is 2.09 bits per heavy atom. The van der Waals surface area contributed by atoms with Crippen LogP contribution in [0.2, 0.25) is 5.02 Å². The first kappa shape index (κ1) is 17.7. The number of morpholine rings is 1. The summed E-state index contributed by atoms with van der Waals surface area (Å²) in [6.07, 6.45) is 0. The van der Waals surface area contributed by atoms with Crippen molar-refractivity contribution >= 4 is 23.2 Å². The number of carbonyl (C=O) groups is 1. The molecule has 1 heterocycles. The lowest BCUT2D eigenvalue weighted by Crippen LogP contribution is -2.55. The predicted molar refractivity (Wildman–Crippen MR) is 86.9 cm³/mol. The minimum Gasteiger partial charge on any atom is -0.379 e. The van der Waals surface area contributed by atoms with E-state index in [1.165, 1.54) is 18.2 Å². The molecule has 1 saturated heterocycles. The Morgan fingerprint density at radius 3 is 2.65 bits per heavy atom. The van der Waals surface area contributed by atoms with Crippen LogP contribution in [0.3, 0.4) is 0 Å². The molecule has 1 N–H and O–H groups in total. The maximum Gasteiger partial charge on any atom is 0.270 e. The van der Waals surface area contributed by atoms with E-state index >= 15 is 0 Å². The number of nitrogens with one attached hydrogen (secondary N) is 1. The SMILES string of the molecule is CC(C)(CNC(=O)c1ccc([N+](=O)[O-])cc1Cl)N1CCOCC1. The molecule has 0 aromatic heterocycles. The van der Waals surface area contributed by atoms with E-state index in [1.807, 2.05) is 0 Å². The first-order valence-electron chi connectivity index (χ1n) is 7.36. The summed E-state index contributed by atoms with van der Waals surface area (Å²) in [5.74, 6) is -0.341. The molecule has 0 radical (unpaired) electrons. The van der Waals surface area contributed by atoms with E-state index in [9.17, 15) is 14.9 Å². The molecule has 1 aliphatic heterocycles. The molecule has 7 nitrogen and oxygen atoms in total. The number of nitrogens with zero attached hydrogens (tertiary/aromatic N) is 2. The Labute approximate surface area is 139 Å². The predicted octanol–water partition coefficient (Wildman–Crippen LogP) is 2.09. The number of benzene rings is 1. The molecule has 0 spiro atoms. The maximum absolute atomic E-state index is 12.3. The Kier molecular flexibility index (Phi) is 5.56. The standard InChI is InChI=1S/C15H20ClN3O4/c1-15(2,18-5-7-23-8-6-18)10-17-14(20)12-4-3-11(19(21)22)9-13(12)16/h3-4,9H,5-8,10H2,1-2H3,(H,17,20). The van der Waals surface area contributed by atoms with Crippen molar-refractivity contribution < 1.29 is 14.5 Å². The van der Waals surface area contributed by atoms with Crippen LogP contribution in [0.4, 0.5) is 5.69 Å². The van der Waals surface area contributed by atoms with E-state index in [-0.39, 0.29) is 27.7 Å². The van der Waals surface area contributed by atoms with Gasteiger partial charge in [0, 0.05) is 37.3 Å². The highest BCUT2D eigenvalue weighted by atomic mass is 35.5. The monoisotopic (exact) mass is 341 g/mol. The lowest BCUT2D eigenvalue weighted by Gasteiger charge is -2.40. The summed E-state index contributed by atoms with van der Waals surface area (Å²) in [4.78, 5) is 24.7. The molecule has 0 bridgehead atoms. The van der Waals surface area contributed by atoms with Crippen LogP contribution in [0.15, 0.2) is 18.2 Å². The molecular formula is C15H20ClN3O4. The quantitative estimate of drug-likeness (QED) is 0.654. The molecule has 0 aliphatic carbocycles. The van der Waals surface area contributed by atoms with E-state index in [4.69, 9.17) is 16.3 Å². The van der Waals surface area contributed by atoms with Gasteiger partial charge in [-0.25, -0.2) is 0 Å². The van der Waals surface area contributed by atoms with Crippen LogP contribution < -0.4 is 5.32 Å². The first-order valence-corrected chi connectivity index (χ1v) is 7.74. The summed E-state index contributed by atoms with van der Waals surface area (Å²) < 4.78 is 5.33. The van der Waals surface area contributed by atoms with Gasteiger partial charge >= 0.3 is 0 Å². The number of hydrogen-bond acceptors (Lipinski definition) is 5. The largest absolute Gasteiger partial charge is 0.379 e. The first-order chi connectivity index (χ1) is 10.8. The van der Waals surface area contributed by atoms with Gasteiger partial charge in [0.25, 0.3) is 11.6 Å². The third-order valence-electron chi connectivity index (χ3n) is 3.96. The fourth-order valence-corrected chi connectivity index (χ4v) is 2.73. The number of halogens is 1. The molecule has 1 aromatic rings. The van der Waals surface area contributed by atoms with Gasteiger partial charge in [0.1, 0.15) is 0 Å². The second-order valence-corrected chi connectivity index (χ2v) is 6.42. The Morgan fingerprint density at radius 1 is 1.43 bits per heavy atom. The van der Waals surface area contributed by atoms with Crippen LogP contribution in [0.25, 0.3) is 0 Å².